The minimum absolute atomic E-state index is 0.708. The van der Waals surface area contributed by atoms with Crippen LogP contribution in [0.4, 0.5) is 0 Å². The number of nitrogens with zero attached hydrogens (tertiary/aromatic N) is 1. The topological polar surface area (TPSA) is 12.5 Å². The Bertz CT molecular complexity index is 292. The number of likely N-dealkylation sites (tertiary alicyclic amines) is 1. The van der Waals surface area contributed by atoms with E-state index in [0.717, 1.165) is 5.75 Å². The largest absolute Gasteiger partial charge is 0.497 e. The third-order valence-corrected chi connectivity index (χ3v) is 2.63. The molecule has 1 aliphatic rings. The average Bonchev–Trinajstić information content (AvgIpc) is 2.13. The zero-order chi connectivity index (χ0) is 9.26. The van der Waals surface area contributed by atoms with Crippen LogP contribution in [0.3, 0.4) is 0 Å². The van der Waals surface area contributed by atoms with Crippen LogP contribution >= 0.6 is 0 Å². The standard InChI is InChI=1S/C11H15NO/c1-12-7-10(8-12)9-4-3-5-11(6-9)13-2/h3-6,10H,7-8H2,1-2H3. The van der Waals surface area contributed by atoms with Crippen LogP contribution in [0.15, 0.2) is 24.3 Å². The minimum atomic E-state index is 0.708. The molecule has 0 bridgehead atoms. The molecule has 2 heteroatoms. The van der Waals surface area contributed by atoms with Gasteiger partial charge in [0.15, 0.2) is 0 Å². The average molecular weight is 177 g/mol. The van der Waals surface area contributed by atoms with Gasteiger partial charge in [0.05, 0.1) is 7.11 Å². The smallest absolute Gasteiger partial charge is 0.119 e. The number of hydrogen-bond donors (Lipinski definition) is 0. The van der Waals surface area contributed by atoms with E-state index in [2.05, 4.69) is 30.1 Å². The van der Waals surface area contributed by atoms with E-state index in [9.17, 15) is 0 Å². The second kappa shape index (κ2) is 3.38. The van der Waals surface area contributed by atoms with Gasteiger partial charge in [-0.1, -0.05) is 12.1 Å². The summed E-state index contributed by atoms with van der Waals surface area (Å²) in [7, 11) is 3.86. The molecule has 1 fully saturated rings. The fourth-order valence-corrected chi connectivity index (χ4v) is 1.81. The van der Waals surface area contributed by atoms with Crippen LogP contribution < -0.4 is 4.74 Å². The van der Waals surface area contributed by atoms with Crippen LogP contribution in [0, 0.1) is 0 Å². The van der Waals surface area contributed by atoms with Crippen molar-refractivity contribution in [3.05, 3.63) is 29.8 Å². The van der Waals surface area contributed by atoms with Gasteiger partial charge >= 0.3 is 0 Å². The van der Waals surface area contributed by atoms with Crippen molar-refractivity contribution in [3.8, 4) is 5.75 Å². The summed E-state index contributed by atoms with van der Waals surface area (Å²) in [6.45, 7) is 2.35. The molecule has 2 rings (SSSR count). The molecule has 2 nitrogen and oxygen atoms in total. The quantitative estimate of drug-likeness (QED) is 0.682. The lowest BCUT2D eigenvalue weighted by Crippen LogP contribution is -2.41. The Morgan fingerprint density at radius 3 is 2.77 bits per heavy atom. The van der Waals surface area contributed by atoms with Gasteiger partial charge in [-0.25, -0.2) is 0 Å². The molecule has 1 heterocycles. The highest BCUT2D eigenvalue weighted by atomic mass is 16.5. The third-order valence-electron chi connectivity index (χ3n) is 2.63. The molecule has 1 aromatic carbocycles. The van der Waals surface area contributed by atoms with Gasteiger partial charge in [0.1, 0.15) is 5.75 Å². The van der Waals surface area contributed by atoms with E-state index in [1.54, 1.807) is 7.11 Å². The summed E-state index contributed by atoms with van der Waals surface area (Å²) in [6.07, 6.45) is 0. The molecule has 0 N–H and O–H groups in total. The number of benzene rings is 1. The second-order valence-electron chi connectivity index (χ2n) is 3.69. The summed E-state index contributed by atoms with van der Waals surface area (Å²) in [5.41, 5.74) is 1.40. The third kappa shape index (κ3) is 1.68. The van der Waals surface area contributed by atoms with Crippen molar-refractivity contribution in [1.82, 2.24) is 4.90 Å². The van der Waals surface area contributed by atoms with Crippen molar-refractivity contribution < 1.29 is 4.74 Å². The lowest BCUT2D eigenvalue weighted by atomic mass is 9.92. The number of likely N-dealkylation sites (N-methyl/N-ethyl adjacent to an activating group) is 1. The Morgan fingerprint density at radius 2 is 2.15 bits per heavy atom. The SMILES string of the molecule is COc1cccc(C2CN(C)C2)c1. The molecule has 0 aliphatic carbocycles. The number of ether oxygens (including phenoxy) is 1. The van der Waals surface area contributed by atoms with Crippen LogP contribution in [0.2, 0.25) is 0 Å². The fourth-order valence-electron chi connectivity index (χ4n) is 1.81. The minimum Gasteiger partial charge on any atom is -0.497 e. The molecule has 0 unspecified atom stereocenters. The summed E-state index contributed by atoms with van der Waals surface area (Å²) in [6, 6.07) is 8.37. The molecule has 13 heavy (non-hydrogen) atoms. The summed E-state index contributed by atoms with van der Waals surface area (Å²) in [4.78, 5) is 2.32. The first-order chi connectivity index (χ1) is 6.29. The molecule has 0 amide bonds. The van der Waals surface area contributed by atoms with Crippen LogP contribution in [-0.2, 0) is 0 Å². The lowest BCUT2D eigenvalue weighted by Gasteiger charge is -2.36. The lowest BCUT2D eigenvalue weighted by molar-refractivity contribution is 0.189. The fraction of sp³-hybridized carbons (Fsp3) is 0.455. The highest BCUT2D eigenvalue weighted by molar-refractivity contribution is 5.32. The van der Waals surface area contributed by atoms with Gasteiger partial charge in [0, 0.05) is 19.0 Å². The van der Waals surface area contributed by atoms with Gasteiger partial charge in [-0.05, 0) is 24.7 Å². The van der Waals surface area contributed by atoms with Crippen molar-refractivity contribution in [2.45, 2.75) is 5.92 Å². The van der Waals surface area contributed by atoms with Crippen LogP contribution in [-0.4, -0.2) is 32.1 Å². The maximum Gasteiger partial charge on any atom is 0.119 e. The van der Waals surface area contributed by atoms with E-state index in [0.29, 0.717) is 5.92 Å². The first kappa shape index (κ1) is 8.57. The highest BCUT2D eigenvalue weighted by Crippen LogP contribution is 2.27. The zero-order valence-electron chi connectivity index (χ0n) is 8.16. The number of rotatable bonds is 2. The molecule has 0 radical (unpaired) electrons. The molecule has 70 valence electrons. The maximum absolute atomic E-state index is 5.19. The van der Waals surface area contributed by atoms with Crippen molar-refractivity contribution in [2.75, 3.05) is 27.2 Å². The first-order valence-electron chi connectivity index (χ1n) is 4.62. The van der Waals surface area contributed by atoms with E-state index in [4.69, 9.17) is 4.74 Å². The Morgan fingerprint density at radius 1 is 1.38 bits per heavy atom. The summed E-state index contributed by atoms with van der Waals surface area (Å²) < 4.78 is 5.19. The maximum atomic E-state index is 5.19. The first-order valence-corrected chi connectivity index (χ1v) is 4.62. The monoisotopic (exact) mass is 177 g/mol. The normalized spacial score (nSPS) is 18.3. The Kier molecular flexibility index (Phi) is 2.23. The molecular weight excluding hydrogens is 162 g/mol. The molecule has 1 aromatic rings. The van der Waals surface area contributed by atoms with E-state index >= 15 is 0 Å². The Hall–Kier alpha value is -1.02. The van der Waals surface area contributed by atoms with Gasteiger partial charge in [0.25, 0.3) is 0 Å². The van der Waals surface area contributed by atoms with Gasteiger partial charge in [-0.2, -0.15) is 0 Å². The number of hydrogen-bond acceptors (Lipinski definition) is 2. The van der Waals surface area contributed by atoms with Crippen LogP contribution in [0.25, 0.3) is 0 Å². The van der Waals surface area contributed by atoms with Gasteiger partial charge in [-0.15, -0.1) is 0 Å². The van der Waals surface area contributed by atoms with E-state index < -0.39 is 0 Å². The van der Waals surface area contributed by atoms with Crippen LogP contribution in [0.5, 0.6) is 5.75 Å². The summed E-state index contributed by atoms with van der Waals surface area (Å²) >= 11 is 0. The predicted molar refractivity (Wildman–Crippen MR) is 53.2 cm³/mol. The van der Waals surface area contributed by atoms with Crippen molar-refractivity contribution in [2.24, 2.45) is 0 Å². The Balaban J connectivity index is 2.12. The molecule has 0 atom stereocenters. The molecule has 1 saturated heterocycles. The highest BCUT2D eigenvalue weighted by Gasteiger charge is 2.24. The molecule has 0 spiro atoms. The van der Waals surface area contributed by atoms with Gasteiger partial charge in [-0.3, -0.25) is 0 Å². The zero-order valence-corrected chi connectivity index (χ0v) is 8.16. The molecule has 0 aromatic heterocycles. The van der Waals surface area contributed by atoms with Gasteiger partial charge < -0.3 is 9.64 Å². The van der Waals surface area contributed by atoms with Crippen molar-refractivity contribution >= 4 is 0 Å². The Labute approximate surface area is 79.1 Å². The second-order valence-corrected chi connectivity index (χ2v) is 3.69. The predicted octanol–water partition coefficient (Wildman–Crippen LogP) is 1.72. The van der Waals surface area contributed by atoms with Gasteiger partial charge in [0.2, 0.25) is 0 Å². The molecular formula is C11H15NO. The van der Waals surface area contributed by atoms with Crippen molar-refractivity contribution in [3.63, 3.8) is 0 Å². The van der Waals surface area contributed by atoms with E-state index in [1.807, 2.05) is 6.07 Å². The molecule has 0 saturated carbocycles. The van der Waals surface area contributed by atoms with Crippen LogP contribution in [0.1, 0.15) is 11.5 Å². The van der Waals surface area contributed by atoms with Crippen molar-refractivity contribution in [1.29, 1.82) is 0 Å². The number of methoxy groups -OCH3 is 1. The van der Waals surface area contributed by atoms with E-state index in [-0.39, 0.29) is 0 Å². The summed E-state index contributed by atoms with van der Waals surface area (Å²) in [5.74, 6) is 1.67. The summed E-state index contributed by atoms with van der Waals surface area (Å²) in [5, 5.41) is 0. The molecule has 1 aliphatic heterocycles. The van der Waals surface area contributed by atoms with E-state index in [1.165, 1.54) is 18.7 Å².